The maximum absolute atomic E-state index is 13.6. The Morgan fingerprint density at radius 3 is 2.74 bits per heavy atom. The van der Waals surface area contributed by atoms with Gasteiger partial charge in [-0.1, -0.05) is 35.9 Å². The number of Topliss-reactive ketones (excluding diaryl/α,β-unsaturated/α-hetero) is 1. The summed E-state index contributed by atoms with van der Waals surface area (Å²) in [7, 11) is 0. The molecular formula is C15H12ClFO2. The summed E-state index contributed by atoms with van der Waals surface area (Å²) < 4.78 is 19.1. The summed E-state index contributed by atoms with van der Waals surface area (Å²) in [5.74, 6) is -0.00153. The van der Waals surface area contributed by atoms with E-state index < -0.39 is 5.82 Å². The smallest absolute Gasteiger partial charge is 0.159 e. The lowest BCUT2D eigenvalue weighted by molar-refractivity contribution is 0.101. The number of rotatable bonds is 4. The monoisotopic (exact) mass is 278 g/mol. The normalized spacial score (nSPS) is 10.3. The van der Waals surface area contributed by atoms with E-state index in [-0.39, 0.29) is 17.4 Å². The Kier molecular flexibility index (Phi) is 4.17. The van der Waals surface area contributed by atoms with E-state index in [4.69, 9.17) is 16.3 Å². The Balaban J connectivity index is 2.12. The van der Waals surface area contributed by atoms with Gasteiger partial charge in [-0.3, -0.25) is 4.79 Å². The van der Waals surface area contributed by atoms with Crippen LogP contribution < -0.4 is 4.74 Å². The Bertz CT molecular complexity index is 611. The van der Waals surface area contributed by atoms with Gasteiger partial charge in [-0.2, -0.15) is 0 Å². The van der Waals surface area contributed by atoms with Crippen molar-refractivity contribution in [2.24, 2.45) is 0 Å². The van der Waals surface area contributed by atoms with E-state index in [2.05, 4.69) is 0 Å². The third-order valence-electron chi connectivity index (χ3n) is 2.67. The molecule has 0 heterocycles. The van der Waals surface area contributed by atoms with Crippen LogP contribution in [0.5, 0.6) is 5.75 Å². The van der Waals surface area contributed by atoms with Crippen LogP contribution in [0, 0.1) is 5.82 Å². The van der Waals surface area contributed by atoms with Crippen LogP contribution in [-0.2, 0) is 6.61 Å². The zero-order chi connectivity index (χ0) is 13.8. The van der Waals surface area contributed by atoms with E-state index in [1.165, 1.54) is 13.0 Å². The van der Waals surface area contributed by atoms with Crippen LogP contribution in [0.1, 0.15) is 22.8 Å². The van der Waals surface area contributed by atoms with Gasteiger partial charge in [-0.25, -0.2) is 4.39 Å². The molecule has 98 valence electrons. The van der Waals surface area contributed by atoms with Crippen LogP contribution in [-0.4, -0.2) is 5.78 Å². The maximum atomic E-state index is 13.6. The number of ketones is 1. The molecular weight excluding hydrogens is 267 g/mol. The summed E-state index contributed by atoms with van der Waals surface area (Å²) in [6.45, 7) is 1.55. The highest BCUT2D eigenvalue weighted by Gasteiger charge is 2.07. The predicted octanol–water partition coefficient (Wildman–Crippen LogP) is 4.26. The molecule has 2 rings (SSSR count). The van der Waals surface area contributed by atoms with Gasteiger partial charge < -0.3 is 4.74 Å². The van der Waals surface area contributed by atoms with Crippen LogP contribution in [0.4, 0.5) is 4.39 Å². The van der Waals surface area contributed by atoms with Crippen LogP contribution in [0.3, 0.4) is 0 Å². The number of halogens is 2. The summed E-state index contributed by atoms with van der Waals surface area (Å²) in [6, 6.07) is 11.5. The van der Waals surface area contributed by atoms with Gasteiger partial charge in [0.25, 0.3) is 0 Å². The SMILES string of the molecule is CC(=O)c1cccc(OCc2cccc(Cl)c2F)c1. The molecule has 19 heavy (non-hydrogen) atoms. The van der Waals surface area contributed by atoms with Crippen molar-refractivity contribution in [2.75, 3.05) is 0 Å². The van der Waals surface area contributed by atoms with Crippen LogP contribution in [0.25, 0.3) is 0 Å². The van der Waals surface area contributed by atoms with E-state index in [9.17, 15) is 9.18 Å². The lowest BCUT2D eigenvalue weighted by Crippen LogP contribution is -2.00. The third kappa shape index (κ3) is 3.32. The topological polar surface area (TPSA) is 26.3 Å². The molecule has 0 radical (unpaired) electrons. The van der Waals surface area contributed by atoms with Gasteiger partial charge in [0.05, 0.1) is 5.02 Å². The molecule has 0 saturated heterocycles. The summed E-state index contributed by atoms with van der Waals surface area (Å²) in [5.41, 5.74) is 0.935. The van der Waals surface area contributed by atoms with Crippen LogP contribution in [0.15, 0.2) is 42.5 Å². The minimum atomic E-state index is -0.480. The molecule has 0 atom stereocenters. The van der Waals surface area contributed by atoms with Crippen LogP contribution in [0.2, 0.25) is 5.02 Å². The van der Waals surface area contributed by atoms with Crippen molar-refractivity contribution in [2.45, 2.75) is 13.5 Å². The van der Waals surface area contributed by atoms with Gasteiger partial charge >= 0.3 is 0 Å². The second-order valence-corrected chi connectivity index (χ2v) is 4.49. The van der Waals surface area contributed by atoms with Crippen molar-refractivity contribution in [1.82, 2.24) is 0 Å². The Hall–Kier alpha value is -1.87. The molecule has 0 bridgehead atoms. The first-order valence-corrected chi connectivity index (χ1v) is 6.12. The number of carbonyl (C=O) groups is 1. The summed E-state index contributed by atoms with van der Waals surface area (Å²) in [5, 5.41) is 0.0681. The third-order valence-corrected chi connectivity index (χ3v) is 2.96. The lowest BCUT2D eigenvalue weighted by Gasteiger charge is -2.08. The van der Waals surface area contributed by atoms with Gasteiger partial charge in [-0.05, 0) is 25.1 Å². The van der Waals surface area contributed by atoms with Crippen molar-refractivity contribution in [3.8, 4) is 5.75 Å². The van der Waals surface area contributed by atoms with Crippen molar-refractivity contribution in [1.29, 1.82) is 0 Å². The van der Waals surface area contributed by atoms with Crippen molar-refractivity contribution >= 4 is 17.4 Å². The van der Waals surface area contributed by atoms with Gasteiger partial charge in [-0.15, -0.1) is 0 Å². The average molecular weight is 279 g/mol. The standard InChI is InChI=1S/C15H12ClFO2/c1-10(18)11-4-2-6-13(8-11)19-9-12-5-3-7-14(16)15(12)17/h2-8H,9H2,1H3. The Morgan fingerprint density at radius 2 is 2.00 bits per heavy atom. The summed E-state index contributed by atoms with van der Waals surface area (Å²) in [6.07, 6.45) is 0. The molecule has 0 aliphatic rings. The number of benzene rings is 2. The zero-order valence-electron chi connectivity index (χ0n) is 10.3. The second kappa shape index (κ2) is 5.85. The number of ether oxygens (including phenoxy) is 1. The fourth-order valence-electron chi connectivity index (χ4n) is 1.63. The molecule has 0 saturated carbocycles. The van der Waals surface area contributed by atoms with Gasteiger partial charge in [0.2, 0.25) is 0 Å². The summed E-state index contributed by atoms with van der Waals surface area (Å²) in [4.78, 5) is 11.2. The van der Waals surface area contributed by atoms with Crippen molar-refractivity contribution < 1.29 is 13.9 Å². The molecule has 0 aliphatic heterocycles. The van der Waals surface area contributed by atoms with Gasteiger partial charge in [0.15, 0.2) is 5.78 Å². The number of hydrogen-bond acceptors (Lipinski definition) is 2. The molecule has 4 heteroatoms. The highest BCUT2D eigenvalue weighted by Crippen LogP contribution is 2.20. The fourth-order valence-corrected chi connectivity index (χ4v) is 1.82. The minimum absolute atomic E-state index is 0.0422. The maximum Gasteiger partial charge on any atom is 0.159 e. The van der Waals surface area contributed by atoms with E-state index in [0.29, 0.717) is 16.9 Å². The quantitative estimate of drug-likeness (QED) is 0.781. The molecule has 0 N–H and O–H groups in total. The molecule has 0 amide bonds. The van der Waals surface area contributed by atoms with E-state index in [0.717, 1.165) is 0 Å². The molecule has 0 fully saturated rings. The Morgan fingerprint density at radius 1 is 1.26 bits per heavy atom. The van der Waals surface area contributed by atoms with Gasteiger partial charge in [0.1, 0.15) is 18.2 Å². The highest BCUT2D eigenvalue weighted by atomic mass is 35.5. The molecule has 0 spiro atoms. The first-order chi connectivity index (χ1) is 9.08. The molecule has 2 aromatic carbocycles. The zero-order valence-corrected chi connectivity index (χ0v) is 11.1. The highest BCUT2D eigenvalue weighted by molar-refractivity contribution is 6.30. The second-order valence-electron chi connectivity index (χ2n) is 4.09. The largest absolute Gasteiger partial charge is 0.489 e. The number of hydrogen-bond donors (Lipinski definition) is 0. The average Bonchev–Trinajstić information content (AvgIpc) is 2.41. The van der Waals surface area contributed by atoms with Crippen molar-refractivity contribution in [3.63, 3.8) is 0 Å². The molecule has 2 nitrogen and oxygen atoms in total. The van der Waals surface area contributed by atoms with Crippen LogP contribution >= 0.6 is 11.6 Å². The first-order valence-electron chi connectivity index (χ1n) is 5.74. The summed E-state index contributed by atoms with van der Waals surface area (Å²) >= 11 is 5.69. The number of carbonyl (C=O) groups excluding carboxylic acids is 1. The van der Waals surface area contributed by atoms with Crippen molar-refractivity contribution in [3.05, 3.63) is 64.4 Å². The minimum Gasteiger partial charge on any atom is -0.489 e. The van der Waals surface area contributed by atoms with Gasteiger partial charge in [0, 0.05) is 11.1 Å². The fraction of sp³-hybridized carbons (Fsp3) is 0.133. The van der Waals surface area contributed by atoms with E-state index in [1.54, 1.807) is 36.4 Å². The molecule has 0 aromatic heterocycles. The molecule has 0 aliphatic carbocycles. The molecule has 2 aromatic rings. The van der Waals surface area contributed by atoms with E-state index >= 15 is 0 Å². The lowest BCUT2D eigenvalue weighted by atomic mass is 10.1. The first kappa shape index (κ1) is 13.6. The molecule has 0 unspecified atom stereocenters. The Labute approximate surface area is 115 Å². The van der Waals surface area contributed by atoms with E-state index in [1.807, 2.05) is 0 Å². The predicted molar refractivity (Wildman–Crippen MR) is 72.2 cm³/mol.